The molecule has 8 nitrogen and oxygen atoms in total. The van der Waals surface area contributed by atoms with E-state index >= 15 is 0 Å². The van der Waals surface area contributed by atoms with Crippen LogP contribution in [0, 0.1) is 6.92 Å². The van der Waals surface area contributed by atoms with Gasteiger partial charge in [-0.2, -0.15) is 0 Å². The van der Waals surface area contributed by atoms with Gasteiger partial charge >= 0.3 is 5.97 Å². The van der Waals surface area contributed by atoms with Crippen molar-refractivity contribution in [2.24, 2.45) is 5.73 Å². The minimum Gasteiger partial charge on any atom is -0.479 e. The minimum absolute atomic E-state index is 0.0282. The molecule has 4 rings (SSSR count). The first-order valence-corrected chi connectivity index (χ1v) is 11.5. The Morgan fingerprint density at radius 2 is 1.94 bits per heavy atom. The Morgan fingerprint density at radius 3 is 2.59 bits per heavy atom. The number of ketones is 1. The van der Waals surface area contributed by atoms with Crippen LogP contribution >= 0.6 is 11.3 Å². The highest BCUT2D eigenvalue weighted by molar-refractivity contribution is 7.13. The molecule has 1 aromatic carbocycles. The number of rotatable bonds is 9. The van der Waals surface area contributed by atoms with Crippen molar-refractivity contribution in [3.8, 4) is 16.3 Å². The fraction of sp³-hybridized carbons (Fsp3) is 0.200. The maximum Gasteiger partial charge on any atom is 0.341 e. The van der Waals surface area contributed by atoms with Gasteiger partial charge in [0, 0.05) is 23.2 Å². The molecule has 3 aromatic heterocycles. The normalized spacial score (nSPS) is 11.0. The summed E-state index contributed by atoms with van der Waals surface area (Å²) in [5.41, 5.74) is 9.85. The number of carboxylic acids is 1. The number of hydrogen-bond donors (Lipinski definition) is 2. The van der Waals surface area contributed by atoms with E-state index in [4.69, 9.17) is 15.6 Å². The summed E-state index contributed by atoms with van der Waals surface area (Å²) in [6.45, 7) is 3.00. The summed E-state index contributed by atoms with van der Waals surface area (Å²) in [4.78, 5) is 41.5. The molecule has 3 heterocycles. The Labute approximate surface area is 199 Å². The lowest BCUT2D eigenvalue weighted by Crippen LogP contribution is -2.24. The number of hydrogen-bond acceptors (Lipinski definition) is 6. The Bertz CT molecular complexity index is 1410. The fourth-order valence-electron chi connectivity index (χ4n) is 4.17. The molecule has 174 valence electrons. The van der Waals surface area contributed by atoms with Crippen molar-refractivity contribution in [1.29, 1.82) is 0 Å². The summed E-state index contributed by atoms with van der Waals surface area (Å²) < 4.78 is 7.22. The molecular formula is C25H23N3O5S. The second-order valence-electron chi connectivity index (χ2n) is 7.75. The molecule has 0 aliphatic heterocycles. The van der Waals surface area contributed by atoms with Gasteiger partial charge < -0.3 is 20.0 Å². The van der Waals surface area contributed by atoms with Gasteiger partial charge in [0.25, 0.3) is 11.7 Å². The number of aliphatic carboxylic acids is 1. The molecule has 0 spiro atoms. The SMILES string of the molecule is CCc1c(C(=O)C(N)=O)c2c(OCC(=O)O)nc(C)cn2c1Cc1ccccc1-c1cccs1. The number of aryl methyl sites for hydroxylation is 1. The van der Waals surface area contributed by atoms with Crippen molar-refractivity contribution in [2.75, 3.05) is 6.61 Å². The number of carbonyl (C=O) groups excluding carboxylic acids is 2. The van der Waals surface area contributed by atoms with E-state index in [1.54, 1.807) is 28.9 Å². The van der Waals surface area contributed by atoms with Crippen LogP contribution in [-0.2, 0) is 22.4 Å². The first-order chi connectivity index (χ1) is 16.3. The lowest BCUT2D eigenvalue weighted by Gasteiger charge is -2.12. The number of benzene rings is 1. The summed E-state index contributed by atoms with van der Waals surface area (Å²) >= 11 is 1.63. The highest BCUT2D eigenvalue weighted by Crippen LogP contribution is 2.35. The highest BCUT2D eigenvalue weighted by Gasteiger charge is 2.29. The number of fused-ring (bicyclic) bond motifs is 1. The summed E-state index contributed by atoms with van der Waals surface area (Å²) in [5, 5.41) is 11.1. The molecule has 0 fully saturated rings. The van der Waals surface area contributed by atoms with Gasteiger partial charge in [-0.15, -0.1) is 11.3 Å². The van der Waals surface area contributed by atoms with Gasteiger partial charge in [-0.25, -0.2) is 9.78 Å². The third-order valence-electron chi connectivity index (χ3n) is 5.51. The number of thiophene rings is 1. The lowest BCUT2D eigenvalue weighted by molar-refractivity contribution is -0.139. The maximum absolute atomic E-state index is 12.9. The minimum atomic E-state index is -1.18. The van der Waals surface area contributed by atoms with Crippen LogP contribution in [-0.4, -0.2) is 38.8 Å². The number of Topliss-reactive ketones (excluding diaryl/α,β-unsaturated/α-hetero) is 1. The van der Waals surface area contributed by atoms with Crippen molar-refractivity contribution >= 4 is 34.5 Å². The van der Waals surface area contributed by atoms with Crippen molar-refractivity contribution in [1.82, 2.24) is 9.38 Å². The van der Waals surface area contributed by atoms with E-state index in [2.05, 4.69) is 11.1 Å². The van der Waals surface area contributed by atoms with Crippen LogP contribution in [0.1, 0.15) is 39.8 Å². The van der Waals surface area contributed by atoms with Crippen LogP contribution < -0.4 is 10.5 Å². The second kappa shape index (κ2) is 9.48. The first kappa shape index (κ1) is 23.2. The number of carbonyl (C=O) groups is 3. The monoisotopic (exact) mass is 477 g/mol. The predicted molar refractivity (Wildman–Crippen MR) is 129 cm³/mol. The Balaban J connectivity index is 1.99. The summed E-state index contributed by atoms with van der Waals surface area (Å²) in [5.74, 6) is -3.17. The number of nitrogens with zero attached hydrogens (tertiary/aromatic N) is 2. The van der Waals surface area contributed by atoms with E-state index in [-0.39, 0.29) is 17.0 Å². The van der Waals surface area contributed by atoms with Crippen molar-refractivity contribution in [3.05, 3.63) is 76.1 Å². The van der Waals surface area contributed by atoms with E-state index in [0.29, 0.717) is 24.1 Å². The van der Waals surface area contributed by atoms with Gasteiger partial charge in [-0.3, -0.25) is 9.59 Å². The molecule has 0 aliphatic carbocycles. The van der Waals surface area contributed by atoms with Gasteiger partial charge in [-0.1, -0.05) is 37.3 Å². The summed E-state index contributed by atoms with van der Waals surface area (Å²) in [7, 11) is 0. The standard InChI is InChI=1S/C25H23N3O5S/c1-3-16-18(11-15-7-4-5-8-17(15)19-9-6-10-34-19)28-12-14(2)27-25(33-13-20(29)30)22(28)21(16)23(31)24(26)32/h4-10,12H,3,11,13H2,1-2H3,(H2,26,32)(H,29,30). The summed E-state index contributed by atoms with van der Waals surface area (Å²) in [6.07, 6.45) is 2.67. The predicted octanol–water partition coefficient (Wildman–Crippen LogP) is 3.66. The molecule has 0 bridgehead atoms. The maximum atomic E-state index is 12.9. The van der Waals surface area contributed by atoms with Crippen LogP contribution in [0.15, 0.2) is 48.0 Å². The molecular weight excluding hydrogens is 454 g/mol. The zero-order valence-electron chi connectivity index (χ0n) is 18.7. The molecule has 0 aliphatic rings. The Hall–Kier alpha value is -3.98. The van der Waals surface area contributed by atoms with Crippen LogP contribution in [0.2, 0.25) is 0 Å². The van der Waals surface area contributed by atoms with Crippen LogP contribution in [0.25, 0.3) is 16.0 Å². The number of aromatic nitrogens is 2. The van der Waals surface area contributed by atoms with Gasteiger partial charge in [0.2, 0.25) is 5.88 Å². The first-order valence-electron chi connectivity index (χ1n) is 10.7. The van der Waals surface area contributed by atoms with Crippen LogP contribution in [0.3, 0.4) is 0 Å². The lowest BCUT2D eigenvalue weighted by atomic mass is 9.96. The zero-order valence-corrected chi connectivity index (χ0v) is 19.5. The molecule has 0 unspecified atom stereocenters. The number of primary amides is 1. The van der Waals surface area contributed by atoms with Crippen molar-refractivity contribution in [2.45, 2.75) is 26.7 Å². The smallest absolute Gasteiger partial charge is 0.341 e. The van der Waals surface area contributed by atoms with E-state index in [9.17, 15) is 14.4 Å². The van der Waals surface area contributed by atoms with Crippen LogP contribution in [0.5, 0.6) is 5.88 Å². The third kappa shape index (κ3) is 4.29. The zero-order chi connectivity index (χ0) is 24.4. The second-order valence-corrected chi connectivity index (χ2v) is 8.69. The van der Waals surface area contributed by atoms with Gasteiger partial charge in [0.05, 0.1) is 11.3 Å². The molecule has 4 aromatic rings. The van der Waals surface area contributed by atoms with Crippen molar-refractivity contribution in [3.63, 3.8) is 0 Å². The van der Waals surface area contributed by atoms with E-state index in [1.165, 1.54) is 0 Å². The average molecular weight is 478 g/mol. The Morgan fingerprint density at radius 1 is 1.18 bits per heavy atom. The van der Waals surface area contributed by atoms with Gasteiger partial charge in [0.1, 0.15) is 5.52 Å². The average Bonchev–Trinajstić information content (AvgIpc) is 3.44. The van der Waals surface area contributed by atoms with E-state index < -0.39 is 24.3 Å². The number of amides is 1. The van der Waals surface area contributed by atoms with Gasteiger partial charge in [-0.05, 0) is 41.5 Å². The molecule has 3 N–H and O–H groups in total. The van der Waals surface area contributed by atoms with Crippen LogP contribution in [0.4, 0.5) is 0 Å². The highest BCUT2D eigenvalue weighted by atomic mass is 32.1. The molecule has 1 amide bonds. The molecule has 0 atom stereocenters. The van der Waals surface area contributed by atoms with Crippen molar-refractivity contribution < 1.29 is 24.2 Å². The topological polar surface area (TPSA) is 124 Å². The largest absolute Gasteiger partial charge is 0.479 e. The third-order valence-corrected chi connectivity index (χ3v) is 6.42. The number of carboxylic acid groups (broad SMARTS) is 1. The molecule has 9 heteroatoms. The summed E-state index contributed by atoms with van der Waals surface area (Å²) in [6, 6.07) is 12.0. The number of nitrogens with two attached hydrogens (primary N) is 1. The Kier molecular flexibility index (Phi) is 6.47. The fourth-order valence-corrected chi connectivity index (χ4v) is 4.95. The van der Waals surface area contributed by atoms with Gasteiger partial charge in [0.15, 0.2) is 6.61 Å². The molecule has 0 saturated heterocycles. The molecule has 0 saturated carbocycles. The quantitative estimate of drug-likeness (QED) is 0.280. The number of ether oxygens (including phenoxy) is 1. The molecule has 34 heavy (non-hydrogen) atoms. The van der Waals surface area contributed by atoms with E-state index in [1.807, 2.05) is 42.6 Å². The molecule has 0 radical (unpaired) electrons. The van der Waals surface area contributed by atoms with E-state index in [0.717, 1.165) is 21.7 Å².